The molecule has 0 saturated heterocycles. The van der Waals surface area contributed by atoms with Gasteiger partial charge < -0.3 is 10.2 Å². The summed E-state index contributed by atoms with van der Waals surface area (Å²) in [5, 5.41) is 18.9. The quantitative estimate of drug-likeness (QED) is 0.526. The lowest BCUT2D eigenvalue weighted by molar-refractivity contribution is 0.403. The summed E-state index contributed by atoms with van der Waals surface area (Å²) in [6, 6.07) is 10.2. The summed E-state index contributed by atoms with van der Waals surface area (Å²) in [5.74, 6) is -0.402. The van der Waals surface area contributed by atoms with E-state index < -0.39 is 0 Å². The highest BCUT2D eigenvalue weighted by Crippen LogP contribution is 2.25. The fraction of sp³-hybridized carbons (Fsp3) is 0.0588. The molecule has 0 saturated carbocycles. The summed E-state index contributed by atoms with van der Waals surface area (Å²) < 4.78 is 2.16. The number of aromatic nitrogens is 2. The summed E-state index contributed by atoms with van der Waals surface area (Å²) in [6.45, 7) is 1.95. The zero-order chi connectivity index (χ0) is 16.1. The first-order chi connectivity index (χ1) is 11.0. The van der Waals surface area contributed by atoms with Crippen molar-refractivity contribution in [3.8, 4) is 11.5 Å². The minimum atomic E-state index is -0.214. The summed E-state index contributed by atoms with van der Waals surface area (Å²) in [7, 11) is 0. The van der Waals surface area contributed by atoms with Crippen LogP contribution in [0.4, 0.5) is 0 Å². The van der Waals surface area contributed by atoms with Crippen molar-refractivity contribution in [2.45, 2.75) is 6.92 Å². The van der Waals surface area contributed by atoms with Crippen LogP contribution in [-0.4, -0.2) is 19.6 Å². The van der Waals surface area contributed by atoms with E-state index in [0.29, 0.717) is 15.1 Å². The minimum Gasteiger partial charge on any atom is -0.504 e. The Kier molecular flexibility index (Phi) is 2.89. The average molecular weight is 324 g/mol. The van der Waals surface area contributed by atoms with Gasteiger partial charge in [-0.15, -0.1) is 0 Å². The van der Waals surface area contributed by atoms with E-state index in [2.05, 4.69) is 4.98 Å². The molecule has 0 fully saturated rings. The Morgan fingerprint density at radius 3 is 2.78 bits per heavy atom. The van der Waals surface area contributed by atoms with Crippen LogP contribution in [0.3, 0.4) is 0 Å². The number of hydrogen-bond donors (Lipinski definition) is 2. The van der Waals surface area contributed by atoms with Gasteiger partial charge in [0, 0.05) is 0 Å². The summed E-state index contributed by atoms with van der Waals surface area (Å²) in [5.41, 5.74) is 3.15. The second-order valence-electron chi connectivity index (χ2n) is 5.34. The van der Waals surface area contributed by atoms with Gasteiger partial charge in [-0.1, -0.05) is 29.5 Å². The minimum absolute atomic E-state index is 0.130. The van der Waals surface area contributed by atoms with E-state index >= 15 is 0 Å². The van der Waals surface area contributed by atoms with Crippen molar-refractivity contribution in [1.29, 1.82) is 0 Å². The molecule has 2 aromatic carbocycles. The van der Waals surface area contributed by atoms with Crippen LogP contribution >= 0.6 is 11.3 Å². The molecule has 4 rings (SSSR count). The Morgan fingerprint density at radius 2 is 2.00 bits per heavy atom. The molecular formula is C17H12N2O3S. The number of para-hydroxylation sites is 1. The Balaban J connectivity index is 2.02. The van der Waals surface area contributed by atoms with Gasteiger partial charge in [-0.05, 0) is 42.3 Å². The van der Waals surface area contributed by atoms with Crippen LogP contribution in [0.15, 0.2) is 41.2 Å². The fourth-order valence-electron chi connectivity index (χ4n) is 2.66. The van der Waals surface area contributed by atoms with Crippen LogP contribution < -0.4 is 10.1 Å². The van der Waals surface area contributed by atoms with Crippen molar-refractivity contribution in [2.75, 3.05) is 0 Å². The number of nitrogens with zero attached hydrogens (tertiary/aromatic N) is 2. The second kappa shape index (κ2) is 4.82. The number of thiazole rings is 1. The van der Waals surface area contributed by atoms with Crippen LogP contribution in [0.5, 0.6) is 11.5 Å². The Bertz CT molecular complexity index is 1170. The van der Waals surface area contributed by atoms with Crippen molar-refractivity contribution in [1.82, 2.24) is 9.38 Å². The maximum absolute atomic E-state index is 12.7. The van der Waals surface area contributed by atoms with Crippen LogP contribution in [0.2, 0.25) is 0 Å². The monoisotopic (exact) mass is 324 g/mol. The number of aromatic hydroxyl groups is 2. The van der Waals surface area contributed by atoms with E-state index in [1.807, 2.05) is 25.1 Å². The average Bonchev–Trinajstić information content (AvgIpc) is 3.01. The zero-order valence-corrected chi connectivity index (χ0v) is 13.0. The number of hydrogen-bond acceptors (Lipinski definition) is 5. The first-order valence-corrected chi connectivity index (χ1v) is 7.80. The number of imidazole rings is 1. The number of rotatable bonds is 1. The number of fused-ring (bicyclic) bond motifs is 3. The molecule has 6 heteroatoms. The highest BCUT2D eigenvalue weighted by Gasteiger charge is 2.12. The molecule has 23 heavy (non-hydrogen) atoms. The molecular weight excluding hydrogens is 312 g/mol. The Labute approximate surface area is 134 Å². The topological polar surface area (TPSA) is 74.8 Å². The number of phenolic OH excluding ortho intramolecular Hbond substituents is 2. The summed E-state index contributed by atoms with van der Waals surface area (Å²) >= 11 is 1.30. The predicted octanol–water partition coefficient (Wildman–Crippen LogP) is 2.18. The summed E-state index contributed by atoms with van der Waals surface area (Å²) in [4.78, 5) is 17.9. The van der Waals surface area contributed by atoms with E-state index in [4.69, 9.17) is 0 Å². The molecule has 2 heterocycles. The third-order valence-corrected chi connectivity index (χ3v) is 4.73. The first kappa shape index (κ1) is 13.8. The third kappa shape index (κ3) is 2.07. The maximum atomic E-state index is 12.7. The number of aryl methyl sites for hydroxylation is 1. The molecule has 0 aliphatic heterocycles. The molecule has 2 N–H and O–H groups in total. The molecule has 0 bridgehead atoms. The van der Waals surface area contributed by atoms with E-state index in [1.165, 1.54) is 23.5 Å². The molecule has 0 atom stereocenters. The van der Waals surface area contributed by atoms with E-state index in [-0.39, 0.29) is 17.1 Å². The molecule has 0 spiro atoms. The van der Waals surface area contributed by atoms with Crippen molar-refractivity contribution < 1.29 is 10.2 Å². The Hall–Kier alpha value is -2.86. The van der Waals surface area contributed by atoms with Gasteiger partial charge in [0.1, 0.15) is 0 Å². The highest BCUT2D eigenvalue weighted by molar-refractivity contribution is 7.15. The van der Waals surface area contributed by atoms with Crippen LogP contribution in [0, 0.1) is 6.92 Å². The molecule has 0 radical (unpaired) electrons. The third-order valence-electron chi connectivity index (χ3n) is 3.76. The predicted molar refractivity (Wildman–Crippen MR) is 90.1 cm³/mol. The van der Waals surface area contributed by atoms with Crippen molar-refractivity contribution in [3.63, 3.8) is 0 Å². The largest absolute Gasteiger partial charge is 0.504 e. The van der Waals surface area contributed by atoms with Crippen molar-refractivity contribution >= 4 is 33.4 Å². The second-order valence-corrected chi connectivity index (χ2v) is 6.35. The van der Waals surface area contributed by atoms with Gasteiger partial charge in [0.05, 0.1) is 15.6 Å². The normalized spacial score (nSPS) is 12.5. The molecule has 0 aliphatic carbocycles. The van der Waals surface area contributed by atoms with Crippen LogP contribution in [0.1, 0.15) is 11.1 Å². The highest BCUT2D eigenvalue weighted by atomic mass is 32.1. The zero-order valence-electron chi connectivity index (χ0n) is 12.1. The molecule has 5 nitrogen and oxygen atoms in total. The van der Waals surface area contributed by atoms with Gasteiger partial charge in [0.15, 0.2) is 16.5 Å². The number of phenols is 2. The maximum Gasteiger partial charge on any atom is 0.274 e. The molecule has 0 unspecified atom stereocenters. The summed E-state index contributed by atoms with van der Waals surface area (Å²) in [6.07, 6.45) is 1.69. The van der Waals surface area contributed by atoms with E-state index in [9.17, 15) is 15.0 Å². The first-order valence-electron chi connectivity index (χ1n) is 6.99. The van der Waals surface area contributed by atoms with E-state index in [0.717, 1.165) is 16.6 Å². The van der Waals surface area contributed by atoms with Crippen molar-refractivity contribution in [3.05, 3.63) is 62.4 Å². The molecule has 114 valence electrons. The standard InChI is InChI=1S/C17H12N2O3S/c1-9-3-2-4-11-15(9)19-16(22)14(23-17(19)18-11)8-10-5-6-12(20)13(21)7-10/h2-8,20-21H,1H3/b14-8-. The lowest BCUT2D eigenvalue weighted by Gasteiger charge is -1.97. The van der Waals surface area contributed by atoms with Gasteiger partial charge in [0.2, 0.25) is 0 Å². The molecule has 4 aromatic rings. The van der Waals surface area contributed by atoms with Crippen LogP contribution in [0.25, 0.3) is 22.1 Å². The van der Waals surface area contributed by atoms with Gasteiger partial charge in [-0.3, -0.25) is 4.79 Å². The molecule has 0 amide bonds. The van der Waals surface area contributed by atoms with Gasteiger partial charge in [0.25, 0.3) is 5.56 Å². The van der Waals surface area contributed by atoms with Crippen LogP contribution in [-0.2, 0) is 0 Å². The van der Waals surface area contributed by atoms with Gasteiger partial charge in [-0.2, -0.15) is 0 Å². The van der Waals surface area contributed by atoms with Gasteiger partial charge in [-0.25, -0.2) is 9.38 Å². The smallest absolute Gasteiger partial charge is 0.274 e. The van der Waals surface area contributed by atoms with Gasteiger partial charge >= 0.3 is 0 Å². The Morgan fingerprint density at radius 1 is 1.17 bits per heavy atom. The van der Waals surface area contributed by atoms with E-state index in [1.54, 1.807) is 16.5 Å². The molecule has 0 aliphatic rings. The lowest BCUT2D eigenvalue weighted by Crippen LogP contribution is -2.22. The molecule has 2 aromatic heterocycles. The number of benzene rings is 2. The fourth-order valence-corrected chi connectivity index (χ4v) is 3.63. The van der Waals surface area contributed by atoms with Crippen molar-refractivity contribution in [2.24, 2.45) is 0 Å². The SMILES string of the molecule is Cc1cccc2nc3s/c(=C\c4ccc(O)c(O)c4)c(=O)n3c12. The lowest BCUT2D eigenvalue weighted by atomic mass is 10.2.